The molecule has 0 N–H and O–H groups in total. The van der Waals surface area contributed by atoms with Crippen molar-refractivity contribution >= 4 is 34.1 Å². The first-order chi connectivity index (χ1) is 16.6. The molecule has 0 bridgehead atoms. The summed E-state index contributed by atoms with van der Waals surface area (Å²) in [5.41, 5.74) is 3.31. The fourth-order valence-electron chi connectivity index (χ4n) is 4.28. The van der Waals surface area contributed by atoms with Crippen LogP contribution in [0.4, 0.5) is 5.69 Å². The van der Waals surface area contributed by atoms with E-state index in [2.05, 4.69) is 0 Å². The lowest BCUT2D eigenvalue weighted by molar-refractivity contribution is -0.147. The van der Waals surface area contributed by atoms with Crippen molar-refractivity contribution < 1.29 is 19.1 Å². The summed E-state index contributed by atoms with van der Waals surface area (Å²) in [5.74, 6) is -1.51. The van der Waals surface area contributed by atoms with Crippen LogP contribution in [0.25, 0.3) is 21.9 Å². The molecule has 1 atom stereocenters. The Bertz CT molecular complexity index is 1360. The number of hydrogen-bond acceptors (Lipinski definition) is 4. The van der Waals surface area contributed by atoms with Crippen LogP contribution in [0.3, 0.4) is 0 Å². The van der Waals surface area contributed by atoms with Gasteiger partial charge in [-0.3, -0.25) is 14.4 Å². The van der Waals surface area contributed by atoms with Crippen molar-refractivity contribution in [3.05, 3.63) is 103 Å². The largest absolute Gasteiger partial charge is 0.457 e. The molecule has 5 nitrogen and oxygen atoms in total. The van der Waals surface area contributed by atoms with E-state index < -0.39 is 11.9 Å². The molecule has 0 radical (unpaired) electrons. The lowest BCUT2D eigenvalue weighted by atomic mass is 10.0. The number of esters is 1. The van der Waals surface area contributed by atoms with E-state index in [9.17, 15) is 14.4 Å². The van der Waals surface area contributed by atoms with Crippen LogP contribution in [0.2, 0.25) is 0 Å². The Morgan fingerprint density at radius 3 is 2.24 bits per heavy atom. The van der Waals surface area contributed by atoms with Gasteiger partial charge in [-0.2, -0.15) is 0 Å². The summed E-state index contributed by atoms with van der Waals surface area (Å²) in [6.07, 6.45) is 0.0750. The smallest absolute Gasteiger partial charge is 0.311 e. The van der Waals surface area contributed by atoms with Crippen LogP contribution in [0.15, 0.2) is 97.1 Å². The molecule has 4 aromatic carbocycles. The summed E-state index contributed by atoms with van der Waals surface area (Å²) in [4.78, 5) is 39.3. The van der Waals surface area contributed by atoms with Crippen LogP contribution in [0, 0.1) is 5.92 Å². The molecule has 1 saturated heterocycles. The highest BCUT2D eigenvalue weighted by atomic mass is 16.5. The Morgan fingerprint density at radius 2 is 1.47 bits per heavy atom. The quantitative estimate of drug-likeness (QED) is 0.297. The summed E-state index contributed by atoms with van der Waals surface area (Å²) in [5, 5.41) is 2.12. The summed E-state index contributed by atoms with van der Waals surface area (Å²) >= 11 is 0. The number of nitrogens with zero attached hydrogens (tertiary/aromatic N) is 1. The summed E-state index contributed by atoms with van der Waals surface area (Å²) in [7, 11) is 0. The predicted octanol–water partition coefficient (Wildman–Crippen LogP) is 5.29. The monoisotopic (exact) mass is 449 g/mol. The zero-order valence-corrected chi connectivity index (χ0v) is 18.5. The van der Waals surface area contributed by atoms with Gasteiger partial charge in [0.05, 0.1) is 5.92 Å². The zero-order chi connectivity index (χ0) is 23.5. The SMILES string of the molecule is O=C(COC(=O)C1CC(=O)N(c2ccc3ccccc3c2)C1)c1ccc(-c2ccccc2)cc1. The third-order valence-electron chi connectivity index (χ3n) is 6.16. The highest BCUT2D eigenvalue weighted by molar-refractivity contribution is 6.02. The molecule has 1 aliphatic heterocycles. The number of carbonyl (C=O) groups excluding carboxylic acids is 3. The van der Waals surface area contributed by atoms with Gasteiger partial charge >= 0.3 is 5.97 Å². The second kappa shape index (κ2) is 9.32. The second-order valence-corrected chi connectivity index (χ2v) is 8.41. The second-order valence-electron chi connectivity index (χ2n) is 8.41. The number of amides is 1. The number of hydrogen-bond donors (Lipinski definition) is 0. The van der Waals surface area contributed by atoms with Gasteiger partial charge in [0, 0.05) is 24.2 Å². The standard InChI is InChI=1S/C29H23NO4/c31-27(23-12-10-22(11-13-23)20-6-2-1-3-7-20)19-34-29(33)25-17-28(32)30(18-25)26-15-14-21-8-4-5-9-24(21)16-26/h1-16,25H,17-19H2. The van der Waals surface area contributed by atoms with Crippen LogP contribution in [0.1, 0.15) is 16.8 Å². The van der Waals surface area contributed by atoms with Gasteiger partial charge in [-0.25, -0.2) is 0 Å². The molecule has 34 heavy (non-hydrogen) atoms. The van der Waals surface area contributed by atoms with Crippen molar-refractivity contribution in [2.24, 2.45) is 5.92 Å². The van der Waals surface area contributed by atoms with Gasteiger partial charge in [-0.05, 0) is 34.0 Å². The van der Waals surface area contributed by atoms with Crippen molar-refractivity contribution in [3.63, 3.8) is 0 Å². The highest BCUT2D eigenvalue weighted by Crippen LogP contribution is 2.29. The Morgan fingerprint density at radius 1 is 0.794 bits per heavy atom. The van der Waals surface area contributed by atoms with Crippen LogP contribution in [-0.4, -0.2) is 30.8 Å². The molecule has 1 amide bonds. The van der Waals surface area contributed by atoms with Gasteiger partial charge < -0.3 is 9.64 Å². The van der Waals surface area contributed by atoms with Gasteiger partial charge in [0.25, 0.3) is 0 Å². The third-order valence-corrected chi connectivity index (χ3v) is 6.16. The maximum absolute atomic E-state index is 12.6. The molecule has 5 rings (SSSR count). The highest BCUT2D eigenvalue weighted by Gasteiger charge is 2.36. The molecule has 0 spiro atoms. The van der Waals surface area contributed by atoms with Crippen LogP contribution < -0.4 is 4.90 Å². The molecule has 1 fully saturated rings. The van der Waals surface area contributed by atoms with Crippen molar-refractivity contribution in [2.45, 2.75) is 6.42 Å². The van der Waals surface area contributed by atoms with Gasteiger partial charge in [-0.15, -0.1) is 0 Å². The van der Waals surface area contributed by atoms with E-state index >= 15 is 0 Å². The number of ether oxygens (including phenoxy) is 1. The number of anilines is 1. The number of ketones is 1. The number of fused-ring (bicyclic) bond motifs is 1. The lowest BCUT2D eigenvalue weighted by Gasteiger charge is -2.17. The van der Waals surface area contributed by atoms with Gasteiger partial charge in [0.15, 0.2) is 12.4 Å². The lowest BCUT2D eigenvalue weighted by Crippen LogP contribution is -2.27. The van der Waals surface area contributed by atoms with E-state index in [1.165, 1.54) is 0 Å². The fourth-order valence-corrected chi connectivity index (χ4v) is 4.28. The van der Waals surface area contributed by atoms with Gasteiger partial charge in [0.2, 0.25) is 5.91 Å². The third kappa shape index (κ3) is 4.46. The molecule has 4 aromatic rings. The first-order valence-corrected chi connectivity index (χ1v) is 11.2. The molecule has 0 aromatic heterocycles. The number of Topliss-reactive ketones (excluding diaryl/α,β-unsaturated/α-hetero) is 1. The van der Waals surface area contributed by atoms with E-state index in [0.29, 0.717) is 5.56 Å². The molecule has 5 heteroatoms. The first-order valence-electron chi connectivity index (χ1n) is 11.2. The normalized spacial score (nSPS) is 15.5. The number of rotatable bonds is 6. The summed E-state index contributed by atoms with van der Waals surface area (Å²) < 4.78 is 5.29. The summed E-state index contributed by atoms with van der Waals surface area (Å²) in [6.45, 7) is -0.0971. The maximum Gasteiger partial charge on any atom is 0.311 e. The van der Waals surface area contributed by atoms with Crippen molar-refractivity contribution in [1.29, 1.82) is 0 Å². The Hall–Kier alpha value is -4.25. The van der Waals surface area contributed by atoms with Crippen LogP contribution in [-0.2, 0) is 14.3 Å². The minimum Gasteiger partial charge on any atom is -0.457 e. The van der Waals surface area contributed by atoms with E-state index in [-0.39, 0.29) is 31.3 Å². The zero-order valence-electron chi connectivity index (χ0n) is 18.5. The van der Waals surface area contributed by atoms with Crippen LogP contribution >= 0.6 is 0 Å². The predicted molar refractivity (Wildman–Crippen MR) is 132 cm³/mol. The first kappa shape index (κ1) is 21.6. The molecule has 1 heterocycles. The van der Waals surface area contributed by atoms with Crippen molar-refractivity contribution in [2.75, 3.05) is 18.1 Å². The average molecular weight is 450 g/mol. The molecule has 0 saturated carbocycles. The minimum absolute atomic E-state index is 0.0750. The van der Waals surface area contributed by atoms with E-state index in [0.717, 1.165) is 27.6 Å². The van der Waals surface area contributed by atoms with Crippen molar-refractivity contribution in [3.8, 4) is 11.1 Å². The minimum atomic E-state index is -0.591. The van der Waals surface area contributed by atoms with Gasteiger partial charge in [-0.1, -0.05) is 84.9 Å². The molecule has 1 unspecified atom stereocenters. The molecule has 0 aliphatic carbocycles. The number of carbonyl (C=O) groups is 3. The molecule has 168 valence electrons. The number of benzene rings is 4. The molecular weight excluding hydrogens is 426 g/mol. The molecule has 1 aliphatic rings. The Labute approximate surface area is 197 Å². The summed E-state index contributed by atoms with van der Waals surface area (Å²) in [6, 6.07) is 30.8. The van der Waals surface area contributed by atoms with Gasteiger partial charge in [0.1, 0.15) is 0 Å². The Kier molecular flexibility index (Phi) is 5.91. The van der Waals surface area contributed by atoms with E-state index in [1.807, 2.05) is 84.9 Å². The maximum atomic E-state index is 12.6. The topological polar surface area (TPSA) is 63.7 Å². The Balaban J connectivity index is 1.19. The average Bonchev–Trinajstić information content (AvgIpc) is 3.29. The van der Waals surface area contributed by atoms with E-state index in [1.54, 1.807) is 17.0 Å². The van der Waals surface area contributed by atoms with E-state index in [4.69, 9.17) is 4.74 Å². The van der Waals surface area contributed by atoms with Crippen molar-refractivity contribution in [1.82, 2.24) is 0 Å². The molecular formula is C29H23NO4. The fraction of sp³-hybridized carbons (Fsp3) is 0.138. The van der Waals surface area contributed by atoms with Crippen LogP contribution in [0.5, 0.6) is 0 Å².